The second kappa shape index (κ2) is 7.38. The number of hydrogen-bond acceptors (Lipinski definition) is 5. The highest BCUT2D eigenvalue weighted by molar-refractivity contribution is 7.15. The largest absolute Gasteiger partial charge is 0.497 e. The minimum absolute atomic E-state index is 0.723. The van der Waals surface area contributed by atoms with Gasteiger partial charge in [-0.3, -0.25) is 0 Å². The zero-order valence-corrected chi connectivity index (χ0v) is 12.9. The third-order valence-electron chi connectivity index (χ3n) is 2.98. The van der Waals surface area contributed by atoms with E-state index in [1.54, 1.807) is 25.6 Å². The molecule has 108 valence electrons. The lowest BCUT2D eigenvalue weighted by Crippen LogP contribution is -2.18. The van der Waals surface area contributed by atoms with Crippen molar-refractivity contribution in [3.05, 3.63) is 34.8 Å². The minimum atomic E-state index is 0.723. The summed E-state index contributed by atoms with van der Waals surface area (Å²) in [5.74, 6) is 0.857. The van der Waals surface area contributed by atoms with Crippen LogP contribution in [0.25, 0.3) is 10.6 Å². The molecule has 0 radical (unpaired) electrons. The van der Waals surface area contributed by atoms with E-state index in [0.717, 1.165) is 41.7 Å². The van der Waals surface area contributed by atoms with E-state index in [2.05, 4.69) is 16.4 Å². The summed E-state index contributed by atoms with van der Waals surface area (Å²) < 4.78 is 10.3. The van der Waals surface area contributed by atoms with Crippen molar-refractivity contribution in [1.82, 2.24) is 10.3 Å². The maximum atomic E-state index is 5.26. The Labute approximate surface area is 123 Å². The smallest absolute Gasteiger partial charge is 0.124 e. The molecule has 0 fully saturated rings. The fourth-order valence-electron chi connectivity index (χ4n) is 1.85. The average molecular weight is 292 g/mol. The Hall–Kier alpha value is -1.43. The second-order valence-electron chi connectivity index (χ2n) is 4.43. The normalized spacial score (nSPS) is 10.8. The van der Waals surface area contributed by atoms with Crippen LogP contribution in [0.3, 0.4) is 0 Å². The molecule has 0 spiro atoms. The van der Waals surface area contributed by atoms with Gasteiger partial charge in [0.05, 0.1) is 19.4 Å². The van der Waals surface area contributed by atoms with Crippen LogP contribution in [0.4, 0.5) is 0 Å². The standard InChI is InChI=1S/C15H20N2O2S/c1-11-14(10-16-7-8-18-2)20-15(17-11)12-5-4-6-13(9-12)19-3/h4-6,9,16H,7-8,10H2,1-3H3. The van der Waals surface area contributed by atoms with E-state index in [9.17, 15) is 0 Å². The summed E-state index contributed by atoms with van der Waals surface area (Å²) in [6, 6.07) is 8.00. The molecule has 0 aliphatic rings. The van der Waals surface area contributed by atoms with E-state index >= 15 is 0 Å². The number of hydrogen-bond donors (Lipinski definition) is 1. The average Bonchev–Trinajstić information content (AvgIpc) is 2.85. The first-order valence-electron chi connectivity index (χ1n) is 6.55. The van der Waals surface area contributed by atoms with Crippen molar-refractivity contribution >= 4 is 11.3 Å². The zero-order valence-electron chi connectivity index (χ0n) is 12.1. The van der Waals surface area contributed by atoms with Crippen LogP contribution < -0.4 is 10.1 Å². The lowest BCUT2D eigenvalue weighted by atomic mass is 10.2. The predicted octanol–water partition coefficient (Wildman–Crippen LogP) is 2.86. The molecule has 0 saturated carbocycles. The number of methoxy groups -OCH3 is 2. The molecule has 20 heavy (non-hydrogen) atoms. The number of aromatic nitrogens is 1. The van der Waals surface area contributed by atoms with Gasteiger partial charge < -0.3 is 14.8 Å². The Morgan fingerprint density at radius 2 is 2.15 bits per heavy atom. The number of ether oxygens (including phenoxy) is 2. The Kier molecular flexibility index (Phi) is 5.52. The first kappa shape index (κ1) is 15.0. The van der Waals surface area contributed by atoms with Crippen LogP contribution in [0.15, 0.2) is 24.3 Å². The predicted molar refractivity (Wildman–Crippen MR) is 82.4 cm³/mol. The Balaban J connectivity index is 2.09. The first-order valence-corrected chi connectivity index (χ1v) is 7.36. The van der Waals surface area contributed by atoms with Crippen LogP contribution in [0.5, 0.6) is 5.75 Å². The first-order chi connectivity index (χ1) is 9.74. The monoisotopic (exact) mass is 292 g/mol. The number of thiazole rings is 1. The summed E-state index contributed by atoms with van der Waals surface area (Å²) in [4.78, 5) is 5.91. The maximum Gasteiger partial charge on any atom is 0.124 e. The maximum absolute atomic E-state index is 5.26. The van der Waals surface area contributed by atoms with Gasteiger partial charge in [0.1, 0.15) is 10.8 Å². The number of nitrogens with one attached hydrogen (secondary N) is 1. The second-order valence-corrected chi connectivity index (χ2v) is 5.51. The Morgan fingerprint density at radius 3 is 2.90 bits per heavy atom. The van der Waals surface area contributed by atoms with Gasteiger partial charge in [-0.05, 0) is 19.1 Å². The highest BCUT2D eigenvalue weighted by atomic mass is 32.1. The van der Waals surface area contributed by atoms with Gasteiger partial charge in [-0.1, -0.05) is 12.1 Å². The fraction of sp³-hybridized carbons (Fsp3) is 0.400. The molecule has 2 aromatic rings. The van der Waals surface area contributed by atoms with E-state index in [4.69, 9.17) is 9.47 Å². The molecule has 1 heterocycles. The number of rotatable bonds is 7. The van der Waals surface area contributed by atoms with E-state index in [-0.39, 0.29) is 0 Å². The molecule has 0 saturated heterocycles. The number of aryl methyl sites for hydroxylation is 1. The van der Waals surface area contributed by atoms with E-state index < -0.39 is 0 Å². The SMILES string of the molecule is COCCNCc1sc(-c2cccc(OC)c2)nc1C. The van der Waals surface area contributed by atoms with Gasteiger partial charge in [0.2, 0.25) is 0 Å². The summed E-state index contributed by atoms with van der Waals surface area (Å²) in [6.07, 6.45) is 0. The Bertz CT molecular complexity index is 555. The molecule has 0 aliphatic carbocycles. The van der Waals surface area contributed by atoms with Gasteiger partial charge in [-0.15, -0.1) is 11.3 Å². The van der Waals surface area contributed by atoms with Crippen molar-refractivity contribution in [2.45, 2.75) is 13.5 Å². The van der Waals surface area contributed by atoms with Crippen molar-refractivity contribution in [2.75, 3.05) is 27.4 Å². The molecular formula is C15H20N2O2S. The van der Waals surface area contributed by atoms with Gasteiger partial charge in [-0.2, -0.15) is 0 Å². The van der Waals surface area contributed by atoms with E-state index in [0.29, 0.717) is 0 Å². The third-order valence-corrected chi connectivity index (χ3v) is 4.18. The third kappa shape index (κ3) is 3.79. The van der Waals surface area contributed by atoms with Crippen LogP contribution in [-0.4, -0.2) is 32.4 Å². The molecule has 0 unspecified atom stereocenters. The summed E-state index contributed by atoms with van der Waals surface area (Å²) in [6.45, 7) is 4.45. The molecule has 1 N–H and O–H groups in total. The highest BCUT2D eigenvalue weighted by Gasteiger charge is 2.09. The minimum Gasteiger partial charge on any atom is -0.497 e. The molecule has 0 atom stereocenters. The molecule has 0 amide bonds. The van der Waals surface area contributed by atoms with Gasteiger partial charge in [0, 0.05) is 30.6 Å². The van der Waals surface area contributed by atoms with Crippen LogP contribution >= 0.6 is 11.3 Å². The van der Waals surface area contributed by atoms with Crippen LogP contribution in [0, 0.1) is 6.92 Å². The van der Waals surface area contributed by atoms with E-state index in [1.165, 1.54) is 4.88 Å². The van der Waals surface area contributed by atoms with Crippen molar-refractivity contribution in [1.29, 1.82) is 0 Å². The van der Waals surface area contributed by atoms with Crippen molar-refractivity contribution in [3.63, 3.8) is 0 Å². The highest BCUT2D eigenvalue weighted by Crippen LogP contribution is 2.29. The van der Waals surface area contributed by atoms with E-state index in [1.807, 2.05) is 25.1 Å². The molecule has 0 bridgehead atoms. The lowest BCUT2D eigenvalue weighted by molar-refractivity contribution is 0.199. The summed E-state index contributed by atoms with van der Waals surface area (Å²) in [5.41, 5.74) is 2.18. The Morgan fingerprint density at radius 1 is 1.30 bits per heavy atom. The van der Waals surface area contributed by atoms with Crippen molar-refractivity contribution < 1.29 is 9.47 Å². The number of nitrogens with zero attached hydrogens (tertiary/aromatic N) is 1. The molecule has 4 nitrogen and oxygen atoms in total. The molecular weight excluding hydrogens is 272 g/mol. The van der Waals surface area contributed by atoms with Crippen LogP contribution in [-0.2, 0) is 11.3 Å². The van der Waals surface area contributed by atoms with Gasteiger partial charge in [0.25, 0.3) is 0 Å². The zero-order chi connectivity index (χ0) is 14.4. The molecule has 2 rings (SSSR count). The van der Waals surface area contributed by atoms with Gasteiger partial charge in [0.15, 0.2) is 0 Å². The van der Waals surface area contributed by atoms with Crippen LogP contribution in [0.1, 0.15) is 10.6 Å². The topological polar surface area (TPSA) is 43.4 Å². The fourth-order valence-corrected chi connectivity index (χ4v) is 2.88. The quantitative estimate of drug-likeness (QED) is 0.797. The lowest BCUT2D eigenvalue weighted by Gasteiger charge is -2.02. The molecule has 1 aromatic heterocycles. The van der Waals surface area contributed by atoms with Crippen molar-refractivity contribution in [2.24, 2.45) is 0 Å². The summed E-state index contributed by atoms with van der Waals surface area (Å²) in [5, 5.41) is 4.38. The molecule has 1 aromatic carbocycles. The summed E-state index contributed by atoms with van der Waals surface area (Å²) >= 11 is 1.72. The van der Waals surface area contributed by atoms with Crippen LogP contribution in [0.2, 0.25) is 0 Å². The van der Waals surface area contributed by atoms with Crippen molar-refractivity contribution in [3.8, 4) is 16.3 Å². The van der Waals surface area contributed by atoms with Gasteiger partial charge in [-0.25, -0.2) is 4.98 Å². The summed E-state index contributed by atoms with van der Waals surface area (Å²) in [7, 11) is 3.39. The van der Waals surface area contributed by atoms with Gasteiger partial charge >= 0.3 is 0 Å². The number of benzene rings is 1. The molecule has 0 aliphatic heterocycles. The molecule has 5 heteroatoms.